The molecule has 0 spiro atoms. The molecule has 0 radical (unpaired) electrons. The van der Waals surface area contributed by atoms with E-state index < -0.39 is 0 Å². The molecule has 14 heavy (non-hydrogen) atoms. The molecular formula is C12H12BrN. The van der Waals surface area contributed by atoms with E-state index >= 15 is 0 Å². The normalized spacial score (nSPS) is 10.7. The van der Waals surface area contributed by atoms with Gasteiger partial charge < -0.3 is 0 Å². The molecule has 0 fully saturated rings. The Hall–Kier alpha value is -0.890. The maximum absolute atomic E-state index is 4.43. The molecule has 0 saturated carbocycles. The number of alkyl halides is 1. The van der Waals surface area contributed by atoms with Crippen molar-refractivity contribution >= 4 is 26.8 Å². The van der Waals surface area contributed by atoms with E-state index in [0.717, 1.165) is 17.3 Å². The Morgan fingerprint density at radius 3 is 2.79 bits per heavy atom. The minimum Gasteiger partial charge on any atom is -0.256 e. The largest absolute Gasteiger partial charge is 0.256 e. The lowest BCUT2D eigenvalue weighted by atomic mass is 10.1. The van der Waals surface area contributed by atoms with E-state index in [2.05, 4.69) is 52.1 Å². The SMILES string of the molecule is CCc1ccc2cc(CBr)cnc2c1. The first-order valence-electron chi connectivity index (χ1n) is 4.77. The van der Waals surface area contributed by atoms with Gasteiger partial charge in [0.05, 0.1) is 5.52 Å². The van der Waals surface area contributed by atoms with Crippen LogP contribution in [0, 0.1) is 0 Å². The minimum absolute atomic E-state index is 0.867. The summed E-state index contributed by atoms with van der Waals surface area (Å²) < 4.78 is 0. The molecular weight excluding hydrogens is 238 g/mol. The topological polar surface area (TPSA) is 12.9 Å². The molecule has 2 heteroatoms. The first-order valence-corrected chi connectivity index (χ1v) is 5.89. The summed E-state index contributed by atoms with van der Waals surface area (Å²) in [6, 6.07) is 8.65. The fraction of sp³-hybridized carbons (Fsp3) is 0.250. The predicted octanol–water partition coefficient (Wildman–Crippen LogP) is 3.69. The van der Waals surface area contributed by atoms with Crippen molar-refractivity contribution in [2.45, 2.75) is 18.7 Å². The second-order valence-corrected chi connectivity index (χ2v) is 3.92. The average Bonchev–Trinajstić information content (AvgIpc) is 2.27. The van der Waals surface area contributed by atoms with Crippen LogP contribution in [0.5, 0.6) is 0 Å². The van der Waals surface area contributed by atoms with Crippen LogP contribution in [0.1, 0.15) is 18.1 Å². The van der Waals surface area contributed by atoms with E-state index in [0.29, 0.717) is 0 Å². The zero-order chi connectivity index (χ0) is 9.97. The number of hydrogen-bond acceptors (Lipinski definition) is 1. The van der Waals surface area contributed by atoms with Crippen LogP contribution in [0.3, 0.4) is 0 Å². The van der Waals surface area contributed by atoms with Gasteiger partial charge in [-0.15, -0.1) is 0 Å². The van der Waals surface area contributed by atoms with Gasteiger partial charge in [0, 0.05) is 16.9 Å². The maximum Gasteiger partial charge on any atom is 0.0704 e. The molecule has 0 bridgehead atoms. The molecule has 1 aromatic carbocycles. The van der Waals surface area contributed by atoms with E-state index in [1.54, 1.807) is 0 Å². The predicted molar refractivity (Wildman–Crippen MR) is 63.8 cm³/mol. The molecule has 0 unspecified atom stereocenters. The van der Waals surface area contributed by atoms with Crippen molar-refractivity contribution < 1.29 is 0 Å². The number of halogens is 1. The number of benzene rings is 1. The molecule has 0 saturated heterocycles. The highest BCUT2D eigenvalue weighted by molar-refractivity contribution is 9.08. The van der Waals surface area contributed by atoms with Gasteiger partial charge in [0.15, 0.2) is 0 Å². The third kappa shape index (κ3) is 1.80. The molecule has 0 aliphatic rings. The summed E-state index contributed by atoms with van der Waals surface area (Å²) in [4.78, 5) is 4.43. The Balaban J connectivity index is 2.57. The summed E-state index contributed by atoms with van der Waals surface area (Å²) in [5.41, 5.74) is 3.66. The summed E-state index contributed by atoms with van der Waals surface area (Å²) in [7, 11) is 0. The standard InChI is InChI=1S/C12H12BrN/c1-2-9-3-4-11-5-10(7-13)8-14-12(11)6-9/h3-6,8H,2,7H2,1H3. The van der Waals surface area contributed by atoms with Crippen LogP contribution in [0.25, 0.3) is 10.9 Å². The van der Waals surface area contributed by atoms with Crippen molar-refractivity contribution in [3.8, 4) is 0 Å². The lowest BCUT2D eigenvalue weighted by molar-refractivity contribution is 1.14. The number of aryl methyl sites for hydroxylation is 1. The Kier molecular flexibility index (Phi) is 2.82. The van der Waals surface area contributed by atoms with Gasteiger partial charge in [0.1, 0.15) is 0 Å². The van der Waals surface area contributed by atoms with Crippen molar-refractivity contribution in [1.82, 2.24) is 4.98 Å². The smallest absolute Gasteiger partial charge is 0.0704 e. The summed E-state index contributed by atoms with van der Waals surface area (Å²) in [5.74, 6) is 0. The molecule has 0 aliphatic carbocycles. The Bertz CT molecular complexity index is 408. The summed E-state index contributed by atoms with van der Waals surface area (Å²) in [5, 5.41) is 2.09. The summed E-state index contributed by atoms with van der Waals surface area (Å²) >= 11 is 3.43. The summed E-state index contributed by atoms with van der Waals surface area (Å²) in [6.45, 7) is 2.16. The number of fused-ring (bicyclic) bond motifs is 1. The molecule has 72 valence electrons. The number of aromatic nitrogens is 1. The first kappa shape index (κ1) is 9.66. The zero-order valence-electron chi connectivity index (χ0n) is 8.13. The third-order valence-electron chi connectivity index (χ3n) is 2.37. The van der Waals surface area contributed by atoms with E-state index in [1.165, 1.54) is 16.5 Å². The fourth-order valence-corrected chi connectivity index (χ4v) is 1.81. The maximum atomic E-state index is 4.43. The molecule has 0 atom stereocenters. The number of pyridine rings is 1. The Morgan fingerprint density at radius 2 is 2.07 bits per heavy atom. The van der Waals surface area contributed by atoms with E-state index in [9.17, 15) is 0 Å². The van der Waals surface area contributed by atoms with Gasteiger partial charge in [-0.2, -0.15) is 0 Å². The molecule has 1 nitrogen and oxygen atoms in total. The Morgan fingerprint density at radius 1 is 1.21 bits per heavy atom. The molecule has 2 rings (SSSR count). The highest BCUT2D eigenvalue weighted by Gasteiger charge is 1.97. The van der Waals surface area contributed by atoms with E-state index in [4.69, 9.17) is 0 Å². The second-order valence-electron chi connectivity index (χ2n) is 3.36. The average molecular weight is 250 g/mol. The number of rotatable bonds is 2. The van der Waals surface area contributed by atoms with E-state index in [1.807, 2.05) is 6.20 Å². The van der Waals surface area contributed by atoms with Crippen molar-refractivity contribution in [3.05, 3.63) is 41.6 Å². The van der Waals surface area contributed by atoms with Crippen molar-refractivity contribution in [2.75, 3.05) is 0 Å². The zero-order valence-corrected chi connectivity index (χ0v) is 9.71. The summed E-state index contributed by atoms with van der Waals surface area (Å²) in [6.07, 6.45) is 2.99. The molecule has 1 aromatic heterocycles. The minimum atomic E-state index is 0.867. The van der Waals surface area contributed by atoms with E-state index in [-0.39, 0.29) is 0 Å². The molecule has 0 N–H and O–H groups in total. The van der Waals surface area contributed by atoms with Crippen molar-refractivity contribution in [2.24, 2.45) is 0 Å². The molecule has 0 amide bonds. The van der Waals surface area contributed by atoms with Gasteiger partial charge in [-0.1, -0.05) is 35.0 Å². The number of hydrogen-bond donors (Lipinski definition) is 0. The van der Waals surface area contributed by atoms with Gasteiger partial charge >= 0.3 is 0 Å². The lowest BCUT2D eigenvalue weighted by Gasteiger charge is -2.02. The third-order valence-corrected chi connectivity index (χ3v) is 3.02. The second kappa shape index (κ2) is 4.09. The van der Waals surface area contributed by atoms with Crippen molar-refractivity contribution in [3.63, 3.8) is 0 Å². The fourth-order valence-electron chi connectivity index (χ4n) is 1.51. The Labute approximate surface area is 92.3 Å². The van der Waals surface area contributed by atoms with Crippen LogP contribution in [0.15, 0.2) is 30.5 Å². The quantitative estimate of drug-likeness (QED) is 0.740. The van der Waals surface area contributed by atoms with Gasteiger partial charge in [-0.25, -0.2) is 0 Å². The molecule has 2 aromatic rings. The van der Waals surface area contributed by atoms with Gasteiger partial charge in [-0.3, -0.25) is 4.98 Å². The molecule has 1 heterocycles. The van der Waals surface area contributed by atoms with Gasteiger partial charge in [0.2, 0.25) is 0 Å². The lowest BCUT2D eigenvalue weighted by Crippen LogP contribution is -1.86. The molecule has 0 aliphatic heterocycles. The van der Waals surface area contributed by atoms with Crippen LogP contribution >= 0.6 is 15.9 Å². The van der Waals surface area contributed by atoms with Crippen LogP contribution in [0.4, 0.5) is 0 Å². The van der Waals surface area contributed by atoms with Crippen LogP contribution in [-0.4, -0.2) is 4.98 Å². The highest BCUT2D eigenvalue weighted by atomic mass is 79.9. The number of nitrogens with zero attached hydrogens (tertiary/aromatic N) is 1. The highest BCUT2D eigenvalue weighted by Crippen LogP contribution is 2.16. The van der Waals surface area contributed by atoms with Crippen LogP contribution in [-0.2, 0) is 11.8 Å². The van der Waals surface area contributed by atoms with Crippen LogP contribution < -0.4 is 0 Å². The monoisotopic (exact) mass is 249 g/mol. The van der Waals surface area contributed by atoms with Crippen LogP contribution in [0.2, 0.25) is 0 Å². The first-order chi connectivity index (χ1) is 6.83. The van der Waals surface area contributed by atoms with Gasteiger partial charge in [-0.05, 0) is 29.7 Å². The van der Waals surface area contributed by atoms with Gasteiger partial charge in [0.25, 0.3) is 0 Å². The van der Waals surface area contributed by atoms with Crippen molar-refractivity contribution in [1.29, 1.82) is 0 Å².